The number of fused-ring (bicyclic) bond motifs is 2. The fourth-order valence-corrected chi connectivity index (χ4v) is 4.03. The van der Waals surface area contributed by atoms with Gasteiger partial charge in [-0.15, -0.1) is 0 Å². The number of rotatable bonds is 3. The molecule has 1 aliphatic rings. The molecule has 0 atom stereocenters. The molecule has 5 heteroatoms. The van der Waals surface area contributed by atoms with E-state index in [2.05, 4.69) is 16.0 Å². The van der Waals surface area contributed by atoms with E-state index in [1.807, 2.05) is 48.5 Å². The summed E-state index contributed by atoms with van der Waals surface area (Å²) in [6, 6.07) is 21.4. The van der Waals surface area contributed by atoms with E-state index >= 15 is 0 Å². The number of benzene rings is 3. The molecule has 1 N–H and O–H groups in total. The molecule has 0 unspecified atom stereocenters. The van der Waals surface area contributed by atoms with Crippen LogP contribution in [0, 0.1) is 0 Å². The van der Waals surface area contributed by atoms with Crippen LogP contribution >= 0.6 is 0 Å². The van der Waals surface area contributed by atoms with Gasteiger partial charge in [-0.2, -0.15) is 0 Å². The summed E-state index contributed by atoms with van der Waals surface area (Å²) < 4.78 is 0. The quantitative estimate of drug-likeness (QED) is 0.536. The van der Waals surface area contributed by atoms with Gasteiger partial charge in [0, 0.05) is 17.8 Å². The Morgan fingerprint density at radius 3 is 2.59 bits per heavy atom. The Bertz CT molecular complexity index is 1220. The number of aryl methyl sites for hydroxylation is 1. The molecule has 1 aromatic heterocycles. The lowest BCUT2D eigenvalue weighted by Crippen LogP contribution is -2.26. The van der Waals surface area contributed by atoms with Gasteiger partial charge < -0.3 is 10.0 Å². The average molecular weight is 381 g/mol. The zero-order chi connectivity index (χ0) is 19.8. The van der Waals surface area contributed by atoms with Gasteiger partial charge in [-0.3, -0.25) is 4.98 Å². The van der Waals surface area contributed by atoms with Crippen LogP contribution in [0.4, 0.5) is 11.4 Å². The van der Waals surface area contributed by atoms with Gasteiger partial charge in [0.15, 0.2) is 0 Å². The van der Waals surface area contributed by atoms with Crippen LogP contribution in [0.2, 0.25) is 0 Å². The Morgan fingerprint density at radius 2 is 1.76 bits per heavy atom. The summed E-state index contributed by atoms with van der Waals surface area (Å²) in [4.78, 5) is 23.6. The zero-order valence-corrected chi connectivity index (χ0v) is 15.7. The molecule has 4 aromatic rings. The lowest BCUT2D eigenvalue weighted by Gasteiger charge is -2.32. The van der Waals surface area contributed by atoms with Crippen molar-refractivity contribution >= 4 is 28.4 Å². The molecule has 5 nitrogen and oxygen atoms in total. The molecule has 0 fully saturated rings. The van der Waals surface area contributed by atoms with Crippen LogP contribution in [-0.2, 0) is 6.42 Å². The van der Waals surface area contributed by atoms with Crippen molar-refractivity contribution in [1.82, 2.24) is 9.97 Å². The van der Waals surface area contributed by atoms with Crippen molar-refractivity contribution in [3.63, 3.8) is 0 Å². The van der Waals surface area contributed by atoms with Gasteiger partial charge in [0.1, 0.15) is 5.52 Å². The van der Waals surface area contributed by atoms with E-state index in [0.717, 1.165) is 36.3 Å². The number of hydrogen-bond donors (Lipinski definition) is 1. The Labute approximate surface area is 168 Å². The highest BCUT2D eigenvalue weighted by Crippen LogP contribution is 2.39. The van der Waals surface area contributed by atoms with Gasteiger partial charge in [0.25, 0.3) is 0 Å². The van der Waals surface area contributed by atoms with Crippen LogP contribution in [0.25, 0.3) is 22.3 Å². The molecule has 0 aliphatic carbocycles. The van der Waals surface area contributed by atoms with Crippen LogP contribution in [0.15, 0.2) is 72.9 Å². The summed E-state index contributed by atoms with van der Waals surface area (Å²) in [5.41, 5.74) is 6.19. The third-order valence-electron chi connectivity index (χ3n) is 5.37. The number of carboxylic acid groups (broad SMARTS) is 1. The first kappa shape index (κ1) is 17.4. The Morgan fingerprint density at radius 1 is 0.966 bits per heavy atom. The molecule has 0 saturated carbocycles. The van der Waals surface area contributed by atoms with E-state index < -0.39 is 5.97 Å². The lowest BCUT2D eigenvalue weighted by molar-refractivity contribution is 0.0698. The molecule has 0 amide bonds. The molecule has 3 aromatic carbocycles. The minimum absolute atomic E-state index is 0.246. The van der Waals surface area contributed by atoms with Gasteiger partial charge in [-0.25, -0.2) is 9.78 Å². The van der Waals surface area contributed by atoms with E-state index in [4.69, 9.17) is 4.98 Å². The largest absolute Gasteiger partial charge is 0.478 e. The summed E-state index contributed by atoms with van der Waals surface area (Å²) in [6.45, 7) is 0.749. The van der Waals surface area contributed by atoms with Crippen molar-refractivity contribution in [3.05, 3.63) is 84.1 Å². The second-order valence-electron chi connectivity index (χ2n) is 7.14. The topological polar surface area (TPSA) is 66.3 Å². The molecule has 0 radical (unpaired) electrons. The summed E-state index contributed by atoms with van der Waals surface area (Å²) >= 11 is 0. The predicted octanol–water partition coefficient (Wildman–Crippen LogP) is 5.08. The highest BCUT2D eigenvalue weighted by Gasteiger charge is 2.25. The van der Waals surface area contributed by atoms with E-state index in [-0.39, 0.29) is 5.56 Å². The highest BCUT2D eigenvalue weighted by molar-refractivity contribution is 6.05. The molecule has 0 spiro atoms. The molecule has 0 bridgehead atoms. The number of aromatic carboxylic acids is 1. The van der Waals surface area contributed by atoms with E-state index in [1.54, 1.807) is 18.3 Å². The summed E-state index contributed by atoms with van der Waals surface area (Å²) in [6.07, 6.45) is 3.67. The second kappa shape index (κ2) is 7.02. The SMILES string of the molecule is O=C(O)c1ccc2nc(-c3ccccc3)cnc2c1N1CCCc2ccccc21. The Hall–Kier alpha value is -3.73. The normalized spacial score (nSPS) is 13.3. The van der Waals surface area contributed by atoms with Crippen LogP contribution < -0.4 is 4.90 Å². The third kappa shape index (κ3) is 3.01. The van der Waals surface area contributed by atoms with Crippen molar-refractivity contribution in [2.24, 2.45) is 0 Å². The minimum atomic E-state index is -0.959. The van der Waals surface area contributed by atoms with E-state index in [1.165, 1.54) is 5.56 Å². The first-order valence-electron chi connectivity index (χ1n) is 9.66. The number of anilines is 2. The van der Waals surface area contributed by atoms with Crippen molar-refractivity contribution in [1.29, 1.82) is 0 Å². The van der Waals surface area contributed by atoms with Gasteiger partial charge in [0.2, 0.25) is 0 Å². The van der Waals surface area contributed by atoms with E-state index in [0.29, 0.717) is 16.7 Å². The fourth-order valence-electron chi connectivity index (χ4n) is 4.03. The minimum Gasteiger partial charge on any atom is -0.478 e. The molecule has 142 valence electrons. The van der Waals surface area contributed by atoms with Crippen LogP contribution in [0.1, 0.15) is 22.3 Å². The smallest absolute Gasteiger partial charge is 0.337 e. The van der Waals surface area contributed by atoms with Crippen LogP contribution in [-0.4, -0.2) is 27.6 Å². The number of para-hydroxylation sites is 1. The number of carboxylic acids is 1. The summed E-state index contributed by atoms with van der Waals surface area (Å²) in [5.74, 6) is -0.959. The highest BCUT2D eigenvalue weighted by atomic mass is 16.4. The monoisotopic (exact) mass is 381 g/mol. The molecule has 5 rings (SSSR count). The number of nitrogens with zero attached hydrogens (tertiary/aromatic N) is 3. The number of hydrogen-bond acceptors (Lipinski definition) is 4. The Kier molecular flexibility index (Phi) is 4.21. The van der Waals surface area contributed by atoms with Crippen molar-refractivity contribution in [2.75, 3.05) is 11.4 Å². The van der Waals surface area contributed by atoms with Gasteiger partial charge in [-0.1, -0.05) is 48.5 Å². The van der Waals surface area contributed by atoms with Crippen LogP contribution in [0.3, 0.4) is 0 Å². The summed E-state index contributed by atoms with van der Waals surface area (Å²) in [7, 11) is 0. The fraction of sp³-hybridized carbons (Fsp3) is 0.125. The second-order valence-corrected chi connectivity index (χ2v) is 7.14. The predicted molar refractivity (Wildman–Crippen MR) is 114 cm³/mol. The third-order valence-corrected chi connectivity index (χ3v) is 5.37. The average Bonchev–Trinajstić information content (AvgIpc) is 2.78. The van der Waals surface area contributed by atoms with Gasteiger partial charge >= 0.3 is 5.97 Å². The first-order valence-corrected chi connectivity index (χ1v) is 9.66. The zero-order valence-electron chi connectivity index (χ0n) is 15.7. The van der Waals surface area contributed by atoms with Crippen molar-refractivity contribution in [2.45, 2.75) is 12.8 Å². The van der Waals surface area contributed by atoms with Crippen molar-refractivity contribution < 1.29 is 9.90 Å². The maximum absolute atomic E-state index is 12.0. The first-order chi connectivity index (χ1) is 14.2. The molecular weight excluding hydrogens is 362 g/mol. The molecule has 0 saturated heterocycles. The van der Waals surface area contributed by atoms with E-state index in [9.17, 15) is 9.90 Å². The van der Waals surface area contributed by atoms with Crippen molar-refractivity contribution in [3.8, 4) is 11.3 Å². The molecule has 1 aliphatic heterocycles. The maximum Gasteiger partial charge on any atom is 0.337 e. The summed E-state index contributed by atoms with van der Waals surface area (Å²) in [5, 5.41) is 9.86. The maximum atomic E-state index is 12.0. The molecule has 29 heavy (non-hydrogen) atoms. The van der Waals surface area contributed by atoms with Crippen LogP contribution in [0.5, 0.6) is 0 Å². The molecular formula is C24H19N3O2. The lowest BCUT2D eigenvalue weighted by atomic mass is 9.99. The van der Waals surface area contributed by atoms with Gasteiger partial charge in [-0.05, 0) is 36.6 Å². The van der Waals surface area contributed by atoms with Gasteiger partial charge in [0.05, 0.1) is 28.7 Å². The number of aromatic nitrogens is 2. The standard InChI is InChI=1S/C24H19N3O2/c28-24(29)18-12-13-19-22(25-15-20(26-19)16-7-2-1-3-8-16)23(18)27-14-6-10-17-9-4-5-11-21(17)27/h1-5,7-9,11-13,15H,6,10,14H2,(H,28,29). The number of carbonyl (C=O) groups is 1. The molecule has 2 heterocycles. The Balaban J connectivity index is 1.73.